The number of carbonyl (C=O) groups excluding carboxylic acids is 1. The van der Waals surface area contributed by atoms with Crippen LogP contribution in [0.2, 0.25) is 0 Å². The number of aliphatic hydroxyl groups excluding tert-OH is 1. The Balaban J connectivity index is 1.68. The van der Waals surface area contributed by atoms with E-state index in [0.29, 0.717) is 29.4 Å². The molecule has 1 saturated carbocycles. The molecule has 6 heteroatoms. The van der Waals surface area contributed by atoms with Gasteiger partial charge >= 0.3 is 5.97 Å². The summed E-state index contributed by atoms with van der Waals surface area (Å²) in [6.45, 7) is 1.19. The maximum atomic E-state index is 12.4. The number of esters is 1. The molecule has 5 rings (SSSR count). The molecule has 1 aromatic carbocycles. The predicted molar refractivity (Wildman–Crippen MR) is 79.7 cm³/mol. The van der Waals surface area contributed by atoms with Crippen molar-refractivity contribution in [2.45, 2.75) is 37.0 Å². The first-order chi connectivity index (χ1) is 11.1. The summed E-state index contributed by atoms with van der Waals surface area (Å²) in [4.78, 5) is 14.8. The van der Waals surface area contributed by atoms with Crippen molar-refractivity contribution in [2.75, 3.05) is 20.4 Å². The standard InChI is InChI=1S/C17H19NO5/c1-18-3-2-8-4-11(19)16-14(15(8)18)9-5-12-13(22-7-21-12)6-10(9)17(20)23-16/h5-6,8,11,14-16,19H,2-4,7H2,1H3/t8-,11+,14+,15-,16-/m0/s1. The SMILES string of the molecule is CN1CC[C@H]2C[C@@H](O)[C@@H]3OC(=O)c4cc5c(cc4[C@@H]3[C@H]21)OCO5. The third kappa shape index (κ3) is 1.79. The lowest BCUT2D eigenvalue weighted by molar-refractivity contribution is -0.0778. The van der Waals surface area contributed by atoms with Crippen molar-refractivity contribution in [1.82, 2.24) is 4.90 Å². The lowest BCUT2D eigenvalue weighted by atomic mass is 9.69. The van der Waals surface area contributed by atoms with E-state index in [1.54, 1.807) is 6.07 Å². The Morgan fingerprint density at radius 1 is 1.26 bits per heavy atom. The highest BCUT2D eigenvalue weighted by Crippen LogP contribution is 2.50. The first-order valence-electron chi connectivity index (χ1n) is 8.16. The summed E-state index contributed by atoms with van der Waals surface area (Å²) in [5, 5.41) is 10.5. The Kier molecular flexibility index (Phi) is 2.73. The fourth-order valence-electron chi connectivity index (χ4n) is 4.86. The van der Waals surface area contributed by atoms with Crippen LogP contribution in [-0.2, 0) is 4.74 Å². The number of fused-ring (bicyclic) bond motifs is 6. The Hall–Kier alpha value is -1.79. The van der Waals surface area contributed by atoms with Gasteiger partial charge in [0.25, 0.3) is 0 Å². The lowest BCUT2D eigenvalue weighted by Gasteiger charge is -2.47. The van der Waals surface area contributed by atoms with E-state index in [9.17, 15) is 9.90 Å². The molecule has 5 atom stereocenters. The highest BCUT2D eigenvalue weighted by molar-refractivity contribution is 5.94. The molecule has 1 saturated heterocycles. The van der Waals surface area contributed by atoms with Gasteiger partial charge in [0.2, 0.25) is 6.79 Å². The normalized spacial score (nSPS) is 37.8. The third-order valence-electron chi connectivity index (χ3n) is 5.86. The number of likely N-dealkylation sites (N-methyl/N-ethyl adjacent to an activating group) is 1. The summed E-state index contributed by atoms with van der Waals surface area (Å²) >= 11 is 0. The number of likely N-dealkylation sites (tertiary alicyclic amines) is 1. The molecule has 0 radical (unpaired) electrons. The van der Waals surface area contributed by atoms with Crippen molar-refractivity contribution in [3.8, 4) is 11.5 Å². The molecule has 4 aliphatic rings. The Bertz CT molecular complexity index is 690. The summed E-state index contributed by atoms with van der Waals surface area (Å²) in [6.07, 6.45) is 0.700. The van der Waals surface area contributed by atoms with Crippen molar-refractivity contribution in [3.63, 3.8) is 0 Å². The van der Waals surface area contributed by atoms with E-state index in [1.807, 2.05) is 6.07 Å². The molecule has 3 heterocycles. The number of nitrogens with zero attached hydrogens (tertiary/aromatic N) is 1. The van der Waals surface area contributed by atoms with Gasteiger partial charge in [0, 0.05) is 12.0 Å². The van der Waals surface area contributed by atoms with Crippen LogP contribution in [0.4, 0.5) is 0 Å². The minimum Gasteiger partial charge on any atom is -0.455 e. The largest absolute Gasteiger partial charge is 0.455 e. The van der Waals surface area contributed by atoms with Gasteiger partial charge in [-0.05, 0) is 50.0 Å². The highest BCUT2D eigenvalue weighted by atomic mass is 16.7. The molecule has 1 N–H and O–H groups in total. The fourth-order valence-corrected chi connectivity index (χ4v) is 4.86. The zero-order valence-corrected chi connectivity index (χ0v) is 12.9. The summed E-state index contributed by atoms with van der Waals surface area (Å²) in [5.74, 6) is 1.31. The van der Waals surface area contributed by atoms with Gasteiger partial charge in [0.15, 0.2) is 11.5 Å². The molecule has 0 amide bonds. The summed E-state index contributed by atoms with van der Waals surface area (Å²) < 4.78 is 16.5. The average molecular weight is 317 g/mol. The Morgan fingerprint density at radius 3 is 2.87 bits per heavy atom. The molecule has 0 bridgehead atoms. The van der Waals surface area contributed by atoms with E-state index in [4.69, 9.17) is 14.2 Å². The molecular formula is C17H19NO5. The summed E-state index contributed by atoms with van der Waals surface area (Å²) in [7, 11) is 2.11. The molecule has 3 aliphatic heterocycles. The van der Waals surface area contributed by atoms with Crippen LogP contribution in [0.15, 0.2) is 12.1 Å². The van der Waals surface area contributed by atoms with Crippen molar-refractivity contribution in [2.24, 2.45) is 5.92 Å². The molecule has 2 fully saturated rings. The topological polar surface area (TPSA) is 68.2 Å². The van der Waals surface area contributed by atoms with Gasteiger partial charge in [-0.15, -0.1) is 0 Å². The number of aliphatic hydroxyl groups is 1. The Labute approximate surface area is 133 Å². The van der Waals surface area contributed by atoms with E-state index in [0.717, 1.165) is 18.5 Å². The molecule has 1 aromatic rings. The van der Waals surface area contributed by atoms with Crippen LogP contribution in [0.25, 0.3) is 0 Å². The van der Waals surface area contributed by atoms with Gasteiger partial charge in [-0.3, -0.25) is 0 Å². The zero-order valence-electron chi connectivity index (χ0n) is 12.9. The lowest BCUT2D eigenvalue weighted by Crippen LogP contribution is -2.54. The van der Waals surface area contributed by atoms with Crippen LogP contribution in [-0.4, -0.2) is 54.6 Å². The molecule has 6 nitrogen and oxygen atoms in total. The van der Waals surface area contributed by atoms with Crippen LogP contribution in [0.1, 0.15) is 34.7 Å². The van der Waals surface area contributed by atoms with Crippen molar-refractivity contribution >= 4 is 5.97 Å². The van der Waals surface area contributed by atoms with Crippen LogP contribution in [0, 0.1) is 5.92 Å². The van der Waals surface area contributed by atoms with Gasteiger partial charge in [0.1, 0.15) is 6.10 Å². The fraction of sp³-hybridized carbons (Fsp3) is 0.588. The van der Waals surface area contributed by atoms with Gasteiger partial charge in [0.05, 0.1) is 11.7 Å². The maximum Gasteiger partial charge on any atom is 0.338 e. The molecule has 1 aliphatic carbocycles. The van der Waals surface area contributed by atoms with E-state index in [2.05, 4.69) is 11.9 Å². The van der Waals surface area contributed by atoms with E-state index in [1.165, 1.54) is 0 Å². The van der Waals surface area contributed by atoms with Gasteiger partial charge < -0.3 is 24.2 Å². The third-order valence-corrected chi connectivity index (χ3v) is 5.86. The molecule has 0 aromatic heterocycles. The number of hydrogen-bond acceptors (Lipinski definition) is 6. The Morgan fingerprint density at radius 2 is 2.04 bits per heavy atom. The first kappa shape index (κ1) is 13.6. The number of hydrogen-bond donors (Lipinski definition) is 1. The smallest absolute Gasteiger partial charge is 0.338 e. The van der Waals surface area contributed by atoms with Crippen molar-refractivity contribution in [3.05, 3.63) is 23.3 Å². The van der Waals surface area contributed by atoms with E-state index < -0.39 is 12.2 Å². The molecular weight excluding hydrogens is 298 g/mol. The number of carbonyl (C=O) groups is 1. The number of benzene rings is 1. The summed E-state index contributed by atoms with van der Waals surface area (Å²) in [6, 6.07) is 3.92. The average Bonchev–Trinajstić information content (AvgIpc) is 3.13. The molecule has 23 heavy (non-hydrogen) atoms. The quantitative estimate of drug-likeness (QED) is 0.723. The van der Waals surface area contributed by atoms with Gasteiger partial charge in [-0.2, -0.15) is 0 Å². The van der Waals surface area contributed by atoms with E-state index >= 15 is 0 Å². The monoisotopic (exact) mass is 317 g/mol. The van der Waals surface area contributed by atoms with Crippen LogP contribution in [0.5, 0.6) is 11.5 Å². The molecule has 122 valence electrons. The van der Waals surface area contributed by atoms with Crippen LogP contribution < -0.4 is 9.47 Å². The molecule has 0 unspecified atom stereocenters. The minimum atomic E-state index is -0.602. The van der Waals surface area contributed by atoms with Gasteiger partial charge in [-0.1, -0.05) is 0 Å². The van der Waals surface area contributed by atoms with Gasteiger partial charge in [-0.25, -0.2) is 4.79 Å². The first-order valence-corrected chi connectivity index (χ1v) is 8.16. The second-order valence-electron chi connectivity index (χ2n) is 7.01. The predicted octanol–water partition coefficient (Wildman–Crippen LogP) is 1.12. The highest BCUT2D eigenvalue weighted by Gasteiger charge is 2.53. The maximum absolute atomic E-state index is 12.4. The minimum absolute atomic E-state index is 0.0153. The van der Waals surface area contributed by atoms with E-state index in [-0.39, 0.29) is 24.7 Å². The summed E-state index contributed by atoms with van der Waals surface area (Å²) in [5.41, 5.74) is 1.47. The zero-order chi connectivity index (χ0) is 15.7. The number of ether oxygens (including phenoxy) is 3. The second kappa shape index (κ2) is 4.61. The van der Waals surface area contributed by atoms with Crippen molar-refractivity contribution in [1.29, 1.82) is 0 Å². The van der Waals surface area contributed by atoms with Crippen LogP contribution in [0.3, 0.4) is 0 Å². The van der Waals surface area contributed by atoms with Crippen LogP contribution >= 0.6 is 0 Å². The molecule has 0 spiro atoms. The number of rotatable bonds is 0. The van der Waals surface area contributed by atoms with Crippen molar-refractivity contribution < 1.29 is 24.1 Å². The second-order valence-corrected chi connectivity index (χ2v) is 7.01.